The fraction of sp³-hybridized carbons (Fsp3) is 0.310. The Morgan fingerprint density at radius 1 is 1.12 bits per heavy atom. The van der Waals surface area contributed by atoms with E-state index in [4.69, 9.17) is 4.74 Å². The molecule has 11 heteroatoms. The molecule has 2 saturated heterocycles. The molecule has 1 unspecified atom stereocenters. The molecule has 0 bridgehead atoms. The van der Waals surface area contributed by atoms with Gasteiger partial charge in [0.2, 0.25) is 5.91 Å². The Morgan fingerprint density at radius 3 is 2.67 bits per heavy atom. The summed E-state index contributed by atoms with van der Waals surface area (Å²) in [5.41, 5.74) is 1.00. The standard InChI is InChI=1S/C29H27F3N6O2/c1-36-13-16(14-36)11-22(39)38-10-9-18(15-38)37(2)28-20-12-33-26(25(32)27(20)34-29(35-28)40-3)19-6-4-5-17-7-8-21(30)24(31)23(17)19/h4-8,11-12,18H,9-10,13-15H2,1-3H3. The lowest BCUT2D eigenvalue weighted by atomic mass is 10.00. The first-order valence-electron chi connectivity index (χ1n) is 12.9. The number of ether oxygens (including phenoxy) is 1. The highest BCUT2D eigenvalue weighted by Gasteiger charge is 2.31. The van der Waals surface area contributed by atoms with Crippen molar-refractivity contribution < 1.29 is 22.7 Å². The zero-order chi connectivity index (χ0) is 28.1. The Morgan fingerprint density at radius 2 is 1.93 bits per heavy atom. The SMILES string of the molecule is COc1nc(N(C)C2CCN(C(=O)C=C3CN(C)C3)C2)c2cnc(-c3cccc4ccc(F)c(F)c34)c(F)c2n1. The van der Waals surface area contributed by atoms with E-state index in [1.54, 1.807) is 23.1 Å². The van der Waals surface area contributed by atoms with Crippen LogP contribution in [0.1, 0.15) is 6.42 Å². The Kier molecular flexibility index (Phi) is 6.53. The number of likely N-dealkylation sites (N-methyl/N-ethyl adjacent to an activating group) is 2. The number of hydrogen-bond acceptors (Lipinski definition) is 7. The summed E-state index contributed by atoms with van der Waals surface area (Å²) in [4.78, 5) is 31.7. The number of nitrogens with zero attached hydrogens (tertiary/aromatic N) is 6. The molecule has 206 valence electrons. The van der Waals surface area contributed by atoms with Crippen LogP contribution in [0.4, 0.5) is 19.0 Å². The molecule has 2 aliphatic rings. The first-order valence-corrected chi connectivity index (χ1v) is 12.9. The van der Waals surface area contributed by atoms with Crippen molar-refractivity contribution in [1.82, 2.24) is 24.8 Å². The number of rotatable bonds is 5. The summed E-state index contributed by atoms with van der Waals surface area (Å²) in [5, 5.41) is 0.686. The van der Waals surface area contributed by atoms with E-state index in [0.717, 1.165) is 24.7 Å². The second-order valence-corrected chi connectivity index (χ2v) is 10.3. The second kappa shape index (κ2) is 10.1. The molecule has 2 fully saturated rings. The fourth-order valence-corrected chi connectivity index (χ4v) is 5.51. The van der Waals surface area contributed by atoms with Gasteiger partial charge in [-0.15, -0.1) is 0 Å². The van der Waals surface area contributed by atoms with Gasteiger partial charge in [0.05, 0.1) is 12.5 Å². The molecule has 2 aliphatic heterocycles. The number of likely N-dealkylation sites (tertiary alicyclic amines) is 2. The van der Waals surface area contributed by atoms with Crippen molar-refractivity contribution in [3.63, 3.8) is 0 Å². The molecule has 2 aromatic heterocycles. The van der Waals surface area contributed by atoms with E-state index in [1.807, 2.05) is 19.0 Å². The highest BCUT2D eigenvalue weighted by molar-refractivity contribution is 5.99. The minimum atomic E-state index is -1.07. The molecule has 0 N–H and O–H groups in total. The Balaban J connectivity index is 1.37. The smallest absolute Gasteiger partial charge is 0.318 e. The number of aromatic nitrogens is 3. The number of methoxy groups -OCH3 is 1. The van der Waals surface area contributed by atoms with Crippen LogP contribution in [0, 0.1) is 17.5 Å². The predicted octanol–water partition coefficient (Wildman–Crippen LogP) is 4.18. The van der Waals surface area contributed by atoms with Crippen LogP contribution in [0.2, 0.25) is 0 Å². The second-order valence-electron chi connectivity index (χ2n) is 10.3. The minimum absolute atomic E-state index is 0.0137. The quantitative estimate of drug-likeness (QED) is 0.347. The lowest BCUT2D eigenvalue weighted by molar-refractivity contribution is -0.125. The molecule has 2 aromatic carbocycles. The number of amides is 1. The summed E-state index contributed by atoms with van der Waals surface area (Å²) in [5.74, 6) is -2.53. The van der Waals surface area contributed by atoms with E-state index < -0.39 is 17.5 Å². The molecule has 8 nitrogen and oxygen atoms in total. The third-order valence-electron chi connectivity index (χ3n) is 7.65. The number of carbonyl (C=O) groups excluding carboxylic acids is 1. The van der Waals surface area contributed by atoms with E-state index in [-0.39, 0.29) is 40.1 Å². The van der Waals surface area contributed by atoms with Gasteiger partial charge in [-0.25, -0.2) is 13.2 Å². The maximum Gasteiger partial charge on any atom is 0.318 e. The molecule has 0 spiro atoms. The number of benzene rings is 2. The highest BCUT2D eigenvalue weighted by Crippen LogP contribution is 2.36. The number of anilines is 1. The third kappa shape index (κ3) is 4.40. The van der Waals surface area contributed by atoms with Gasteiger partial charge >= 0.3 is 6.01 Å². The average molecular weight is 549 g/mol. The van der Waals surface area contributed by atoms with Gasteiger partial charge in [0.25, 0.3) is 0 Å². The summed E-state index contributed by atoms with van der Waals surface area (Å²) >= 11 is 0. The van der Waals surface area contributed by atoms with Crippen LogP contribution >= 0.6 is 0 Å². The molecule has 0 radical (unpaired) electrons. The van der Waals surface area contributed by atoms with E-state index in [9.17, 15) is 13.6 Å². The first kappa shape index (κ1) is 26.0. The summed E-state index contributed by atoms with van der Waals surface area (Å²) in [6, 6.07) is 7.09. The molecular weight excluding hydrogens is 521 g/mol. The molecule has 4 heterocycles. The van der Waals surface area contributed by atoms with E-state index >= 15 is 4.39 Å². The highest BCUT2D eigenvalue weighted by atomic mass is 19.2. The van der Waals surface area contributed by atoms with Crippen molar-refractivity contribution >= 4 is 33.4 Å². The molecule has 0 aliphatic carbocycles. The topological polar surface area (TPSA) is 74.7 Å². The zero-order valence-electron chi connectivity index (χ0n) is 22.3. The normalized spacial score (nSPS) is 17.4. The maximum absolute atomic E-state index is 16.1. The lowest BCUT2D eigenvalue weighted by Crippen LogP contribution is -2.39. The van der Waals surface area contributed by atoms with Crippen molar-refractivity contribution in [3.05, 3.63) is 65.6 Å². The zero-order valence-corrected chi connectivity index (χ0v) is 22.3. The van der Waals surface area contributed by atoms with Crippen LogP contribution in [-0.2, 0) is 4.79 Å². The van der Waals surface area contributed by atoms with Crippen LogP contribution < -0.4 is 9.64 Å². The van der Waals surface area contributed by atoms with E-state index in [0.29, 0.717) is 36.1 Å². The van der Waals surface area contributed by atoms with E-state index in [1.165, 1.54) is 25.4 Å². The molecule has 1 amide bonds. The Bertz CT molecular complexity index is 1690. The summed E-state index contributed by atoms with van der Waals surface area (Å²) < 4.78 is 50.3. The molecule has 40 heavy (non-hydrogen) atoms. The van der Waals surface area contributed by atoms with E-state index in [2.05, 4.69) is 19.9 Å². The predicted molar refractivity (Wildman–Crippen MR) is 146 cm³/mol. The van der Waals surface area contributed by atoms with Gasteiger partial charge < -0.3 is 14.5 Å². The van der Waals surface area contributed by atoms with Crippen molar-refractivity contribution in [2.45, 2.75) is 12.5 Å². The summed E-state index contributed by atoms with van der Waals surface area (Å²) in [7, 11) is 5.22. The van der Waals surface area contributed by atoms with Crippen LogP contribution in [-0.4, -0.2) is 84.1 Å². The number of hydrogen-bond donors (Lipinski definition) is 0. The number of pyridine rings is 1. The molecule has 1 atom stereocenters. The number of fused-ring (bicyclic) bond motifs is 2. The van der Waals surface area contributed by atoms with Gasteiger partial charge in [0, 0.05) is 62.5 Å². The molecular formula is C29H27F3N6O2. The van der Waals surface area contributed by atoms with Crippen molar-refractivity contribution in [3.8, 4) is 17.3 Å². The van der Waals surface area contributed by atoms with Gasteiger partial charge in [0.1, 0.15) is 17.0 Å². The first-order chi connectivity index (χ1) is 19.2. The minimum Gasteiger partial charge on any atom is -0.467 e. The van der Waals surface area contributed by atoms with Crippen molar-refractivity contribution in [2.75, 3.05) is 52.3 Å². The average Bonchev–Trinajstić information content (AvgIpc) is 3.44. The summed E-state index contributed by atoms with van der Waals surface area (Å²) in [6.07, 6.45) is 3.85. The van der Waals surface area contributed by atoms with Gasteiger partial charge in [-0.2, -0.15) is 9.97 Å². The van der Waals surface area contributed by atoms with Crippen LogP contribution in [0.25, 0.3) is 32.9 Å². The Hall–Kier alpha value is -4.25. The van der Waals surface area contributed by atoms with Gasteiger partial charge in [0.15, 0.2) is 17.5 Å². The van der Waals surface area contributed by atoms with Crippen LogP contribution in [0.5, 0.6) is 6.01 Å². The third-order valence-corrected chi connectivity index (χ3v) is 7.65. The monoisotopic (exact) mass is 548 g/mol. The van der Waals surface area contributed by atoms with Crippen molar-refractivity contribution in [1.29, 1.82) is 0 Å². The van der Waals surface area contributed by atoms with Crippen LogP contribution in [0.3, 0.4) is 0 Å². The van der Waals surface area contributed by atoms with Gasteiger partial charge in [-0.3, -0.25) is 14.7 Å². The molecule has 6 rings (SSSR count). The largest absolute Gasteiger partial charge is 0.467 e. The van der Waals surface area contributed by atoms with Crippen LogP contribution in [0.15, 0.2) is 48.2 Å². The Labute approximate surface area is 228 Å². The number of halogens is 3. The van der Waals surface area contributed by atoms with Gasteiger partial charge in [-0.1, -0.05) is 24.3 Å². The van der Waals surface area contributed by atoms with Gasteiger partial charge in [-0.05, 0) is 30.5 Å². The number of carbonyl (C=O) groups is 1. The molecule has 4 aromatic rings. The lowest BCUT2D eigenvalue weighted by Gasteiger charge is -2.30. The fourth-order valence-electron chi connectivity index (χ4n) is 5.51. The van der Waals surface area contributed by atoms with Crippen molar-refractivity contribution in [2.24, 2.45) is 0 Å². The maximum atomic E-state index is 16.1. The molecule has 0 saturated carbocycles. The summed E-state index contributed by atoms with van der Waals surface area (Å²) in [6.45, 7) is 2.68.